The molecule has 1 aromatic carbocycles. The number of nitrogens with one attached hydrogen (secondary N) is 1. The number of nitrogens with zero attached hydrogens (tertiary/aromatic N) is 3. The topological polar surface area (TPSA) is 69.3 Å². The highest BCUT2D eigenvalue weighted by atomic mass is 16.2. The Morgan fingerprint density at radius 1 is 1.25 bits per heavy atom. The Balaban J connectivity index is 1.42. The van der Waals surface area contributed by atoms with Crippen LogP contribution in [0.25, 0.3) is 11.0 Å². The normalized spacial score (nSPS) is 21.2. The first-order valence-corrected chi connectivity index (χ1v) is 8.70. The maximum absolute atomic E-state index is 12.5. The molecule has 2 fully saturated rings. The van der Waals surface area contributed by atoms with Crippen molar-refractivity contribution in [3.63, 3.8) is 0 Å². The molecule has 2 saturated heterocycles. The molecule has 0 aliphatic carbocycles. The number of amides is 1. The standard InChI is InChI=1S/C18H22N4O2/c23-17(22-11-10-21-9-3-4-13(21)12-22)8-7-16-18(24)20-15-6-2-1-5-14(15)19-16/h1-2,5-6,13H,3-4,7-12H2,(H,20,24)/t13-/m1/s1. The minimum atomic E-state index is -0.192. The molecule has 1 N–H and O–H groups in total. The molecule has 2 aromatic rings. The summed E-state index contributed by atoms with van der Waals surface area (Å²) in [6.45, 7) is 3.78. The first-order valence-electron chi connectivity index (χ1n) is 8.70. The number of piperazine rings is 1. The van der Waals surface area contributed by atoms with Gasteiger partial charge in [-0.3, -0.25) is 14.5 Å². The van der Waals surface area contributed by atoms with Crippen LogP contribution >= 0.6 is 0 Å². The lowest BCUT2D eigenvalue weighted by Crippen LogP contribution is -2.52. The third kappa shape index (κ3) is 2.94. The molecule has 0 bridgehead atoms. The van der Waals surface area contributed by atoms with Crippen LogP contribution in [0.3, 0.4) is 0 Å². The van der Waals surface area contributed by atoms with Crippen LogP contribution in [0.15, 0.2) is 29.1 Å². The third-order valence-corrected chi connectivity index (χ3v) is 5.19. The molecule has 126 valence electrons. The highest BCUT2D eigenvalue weighted by molar-refractivity contribution is 5.77. The molecule has 1 amide bonds. The number of rotatable bonds is 3. The number of H-pyrrole nitrogens is 1. The van der Waals surface area contributed by atoms with Crippen molar-refractivity contribution in [2.24, 2.45) is 0 Å². The Hall–Kier alpha value is -2.21. The minimum absolute atomic E-state index is 0.135. The molecule has 6 nitrogen and oxygen atoms in total. The second kappa shape index (κ2) is 6.36. The molecule has 1 atom stereocenters. The lowest BCUT2D eigenvalue weighted by molar-refractivity contribution is -0.133. The Morgan fingerprint density at radius 3 is 3.04 bits per heavy atom. The second-order valence-corrected chi connectivity index (χ2v) is 6.70. The minimum Gasteiger partial charge on any atom is -0.340 e. The zero-order valence-corrected chi connectivity index (χ0v) is 13.7. The fourth-order valence-corrected chi connectivity index (χ4v) is 3.84. The maximum atomic E-state index is 12.5. The van der Waals surface area contributed by atoms with Gasteiger partial charge in [-0.15, -0.1) is 0 Å². The Kier molecular flexibility index (Phi) is 4.06. The number of hydrogen-bond donors (Lipinski definition) is 1. The van der Waals surface area contributed by atoms with E-state index in [9.17, 15) is 9.59 Å². The van der Waals surface area contributed by atoms with Gasteiger partial charge in [-0.1, -0.05) is 12.1 Å². The van der Waals surface area contributed by atoms with E-state index in [1.54, 1.807) is 0 Å². The van der Waals surface area contributed by atoms with Crippen LogP contribution in [0.2, 0.25) is 0 Å². The number of para-hydroxylation sites is 2. The van der Waals surface area contributed by atoms with Crippen LogP contribution in [0, 0.1) is 0 Å². The molecule has 0 unspecified atom stereocenters. The number of carbonyl (C=O) groups excluding carboxylic acids is 1. The Morgan fingerprint density at radius 2 is 2.12 bits per heavy atom. The van der Waals surface area contributed by atoms with Gasteiger partial charge in [-0.2, -0.15) is 0 Å². The summed E-state index contributed by atoms with van der Waals surface area (Å²) < 4.78 is 0. The van der Waals surface area contributed by atoms with Crippen LogP contribution in [0.5, 0.6) is 0 Å². The van der Waals surface area contributed by atoms with Gasteiger partial charge in [-0.25, -0.2) is 4.98 Å². The van der Waals surface area contributed by atoms with Crippen molar-refractivity contribution >= 4 is 16.9 Å². The van der Waals surface area contributed by atoms with E-state index in [1.807, 2.05) is 29.2 Å². The van der Waals surface area contributed by atoms with E-state index in [0.717, 1.165) is 30.7 Å². The predicted octanol–water partition coefficient (Wildman–Crippen LogP) is 1.16. The smallest absolute Gasteiger partial charge is 0.270 e. The maximum Gasteiger partial charge on any atom is 0.270 e. The summed E-state index contributed by atoms with van der Waals surface area (Å²) in [6, 6.07) is 8.00. The summed E-state index contributed by atoms with van der Waals surface area (Å²) in [5, 5.41) is 0. The number of aromatic nitrogens is 2. The second-order valence-electron chi connectivity index (χ2n) is 6.70. The molecule has 0 spiro atoms. The van der Waals surface area contributed by atoms with Crippen molar-refractivity contribution in [1.29, 1.82) is 0 Å². The number of fused-ring (bicyclic) bond motifs is 2. The SMILES string of the molecule is O=C(CCc1nc2ccccc2[nH]c1=O)N1CCN2CCC[C@@H]2C1. The van der Waals surface area contributed by atoms with Gasteiger partial charge in [-0.05, 0) is 31.5 Å². The van der Waals surface area contributed by atoms with Crippen LogP contribution in [-0.4, -0.2) is 57.9 Å². The van der Waals surface area contributed by atoms with E-state index < -0.39 is 0 Å². The van der Waals surface area contributed by atoms with Gasteiger partial charge in [0.05, 0.1) is 11.0 Å². The highest BCUT2D eigenvalue weighted by Gasteiger charge is 2.32. The van der Waals surface area contributed by atoms with Crippen LogP contribution in [-0.2, 0) is 11.2 Å². The van der Waals surface area contributed by atoms with Crippen molar-refractivity contribution < 1.29 is 4.79 Å². The summed E-state index contributed by atoms with van der Waals surface area (Å²) in [6.07, 6.45) is 3.17. The first kappa shape index (κ1) is 15.3. The summed E-state index contributed by atoms with van der Waals surface area (Å²) >= 11 is 0. The number of aryl methyl sites for hydroxylation is 1. The number of benzene rings is 1. The third-order valence-electron chi connectivity index (χ3n) is 5.19. The van der Waals surface area contributed by atoms with Crippen LogP contribution in [0.4, 0.5) is 0 Å². The predicted molar refractivity (Wildman–Crippen MR) is 91.9 cm³/mol. The molecule has 2 aliphatic heterocycles. The zero-order chi connectivity index (χ0) is 16.5. The van der Waals surface area contributed by atoms with Gasteiger partial charge < -0.3 is 9.88 Å². The summed E-state index contributed by atoms with van der Waals surface area (Å²) in [5.74, 6) is 0.135. The van der Waals surface area contributed by atoms with Gasteiger partial charge in [0.2, 0.25) is 5.91 Å². The summed E-state index contributed by atoms with van der Waals surface area (Å²) in [4.78, 5) is 36.3. The molecule has 6 heteroatoms. The zero-order valence-electron chi connectivity index (χ0n) is 13.7. The van der Waals surface area contributed by atoms with Crippen molar-refractivity contribution in [1.82, 2.24) is 19.8 Å². The molecular formula is C18H22N4O2. The van der Waals surface area contributed by atoms with Crippen LogP contribution in [0.1, 0.15) is 25.0 Å². The molecule has 0 radical (unpaired) electrons. The quantitative estimate of drug-likeness (QED) is 0.919. The van der Waals surface area contributed by atoms with Crippen molar-refractivity contribution in [3.8, 4) is 0 Å². The molecule has 3 heterocycles. The van der Waals surface area contributed by atoms with Crippen molar-refractivity contribution in [2.75, 3.05) is 26.2 Å². The molecular weight excluding hydrogens is 304 g/mol. The van der Waals surface area contributed by atoms with Gasteiger partial charge in [0, 0.05) is 38.5 Å². The fraction of sp³-hybridized carbons (Fsp3) is 0.500. The lowest BCUT2D eigenvalue weighted by atomic mass is 10.1. The van der Waals surface area contributed by atoms with Gasteiger partial charge in [0.1, 0.15) is 5.69 Å². The fourth-order valence-electron chi connectivity index (χ4n) is 3.84. The van der Waals surface area contributed by atoms with E-state index >= 15 is 0 Å². The molecule has 0 saturated carbocycles. The van der Waals surface area contributed by atoms with Crippen molar-refractivity contribution in [3.05, 3.63) is 40.3 Å². The lowest BCUT2D eigenvalue weighted by Gasteiger charge is -2.37. The van der Waals surface area contributed by atoms with Gasteiger partial charge >= 0.3 is 0 Å². The van der Waals surface area contributed by atoms with Crippen molar-refractivity contribution in [2.45, 2.75) is 31.7 Å². The Labute approximate surface area is 140 Å². The van der Waals surface area contributed by atoms with E-state index in [0.29, 0.717) is 24.6 Å². The first-order chi connectivity index (χ1) is 11.7. The monoisotopic (exact) mass is 326 g/mol. The molecule has 2 aliphatic rings. The molecule has 4 rings (SSSR count). The average molecular weight is 326 g/mol. The van der Waals surface area contributed by atoms with E-state index in [2.05, 4.69) is 14.9 Å². The van der Waals surface area contributed by atoms with Gasteiger partial charge in [0.15, 0.2) is 0 Å². The summed E-state index contributed by atoms with van der Waals surface area (Å²) in [7, 11) is 0. The van der Waals surface area contributed by atoms with Gasteiger partial charge in [0.25, 0.3) is 5.56 Å². The van der Waals surface area contributed by atoms with E-state index in [-0.39, 0.29) is 11.5 Å². The number of hydrogen-bond acceptors (Lipinski definition) is 4. The van der Waals surface area contributed by atoms with Crippen LogP contribution < -0.4 is 5.56 Å². The highest BCUT2D eigenvalue weighted by Crippen LogP contribution is 2.21. The van der Waals surface area contributed by atoms with E-state index in [4.69, 9.17) is 0 Å². The number of aromatic amines is 1. The van der Waals surface area contributed by atoms with E-state index in [1.165, 1.54) is 19.4 Å². The number of carbonyl (C=O) groups is 1. The summed E-state index contributed by atoms with van der Waals surface area (Å²) in [5.41, 5.74) is 1.75. The molecule has 24 heavy (non-hydrogen) atoms. The average Bonchev–Trinajstić information content (AvgIpc) is 3.07. The largest absolute Gasteiger partial charge is 0.340 e. The molecule has 1 aromatic heterocycles. The Bertz CT molecular complexity index is 816.